The molecule has 0 saturated heterocycles. The second kappa shape index (κ2) is 6.38. The van der Waals surface area contributed by atoms with Crippen LogP contribution in [0.2, 0.25) is 15.1 Å². The summed E-state index contributed by atoms with van der Waals surface area (Å²) in [5.41, 5.74) is 0. The SMILES string of the molecule is O=S(=O)([N-]C(CO)CO)c1cc(Cl)c(Cl)cc1Cl. The quantitative estimate of drug-likeness (QED) is 0.807. The fraction of sp³-hybridized carbons (Fsp3) is 0.333. The maximum Gasteiger partial charge on any atom is 0.103 e. The molecule has 1 aromatic carbocycles. The number of rotatable bonds is 5. The van der Waals surface area contributed by atoms with E-state index in [2.05, 4.69) is 4.72 Å². The van der Waals surface area contributed by atoms with Crippen LogP contribution in [0.5, 0.6) is 0 Å². The van der Waals surface area contributed by atoms with Crippen molar-refractivity contribution in [3.05, 3.63) is 31.9 Å². The molecule has 0 aromatic heterocycles. The van der Waals surface area contributed by atoms with Gasteiger partial charge in [0.1, 0.15) is 10.0 Å². The second-order valence-corrected chi connectivity index (χ2v) is 6.12. The van der Waals surface area contributed by atoms with Crippen molar-refractivity contribution in [3.63, 3.8) is 0 Å². The minimum absolute atomic E-state index is 0.0133. The van der Waals surface area contributed by atoms with Crippen LogP contribution >= 0.6 is 34.8 Å². The van der Waals surface area contributed by atoms with E-state index in [1.165, 1.54) is 6.07 Å². The average molecular weight is 334 g/mol. The zero-order valence-corrected chi connectivity index (χ0v) is 11.9. The van der Waals surface area contributed by atoms with Gasteiger partial charge in [0, 0.05) is 13.2 Å². The Morgan fingerprint density at radius 2 is 1.56 bits per heavy atom. The highest BCUT2D eigenvalue weighted by atomic mass is 35.5. The molecule has 5 nitrogen and oxygen atoms in total. The lowest BCUT2D eigenvalue weighted by atomic mass is 10.4. The Balaban J connectivity index is 3.16. The number of sulfonamides is 1. The van der Waals surface area contributed by atoms with Gasteiger partial charge in [0.15, 0.2) is 0 Å². The molecule has 1 aromatic rings. The molecule has 0 aliphatic heterocycles. The fourth-order valence-corrected chi connectivity index (χ4v) is 3.19. The minimum atomic E-state index is -4.12. The highest BCUT2D eigenvalue weighted by Gasteiger charge is 2.14. The fourth-order valence-electron chi connectivity index (χ4n) is 1.08. The van der Waals surface area contributed by atoms with Crippen molar-refractivity contribution in [1.82, 2.24) is 0 Å². The van der Waals surface area contributed by atoms with E-state index in [4.69, 9.17) is 45.0 Å². The second-order valence-electron chi connectivity index (χ2n) is 3.30. The van der Waals surface area contributed by atoms with E-state index in [1.807, 2.05) is 0 Å². The van der Waals surface area contributed by atoms with Gasteiger partial charge in [-0.3, -0.25) is 0 Å². The Hall–Kier alpha value is -0.0800. The highest BCUT2D eigenvalue weighted by Crippen LogP contribution is 2.34. The van der Waals surface area contributed by atoms with Gasteiger partial charge < -0.3 is 14.9 Å². The Kier molecular flexibility index (Phi) is 5.67. The Morgan fingerprint density at radius 3 is 2.06 bits per heavy atom. The molecule has 0 atom stereocenters. The molecule has 0 saturated carbocycles. The first-order chi connectivity index (χ1) is 8.31. The lowest BCUT2D eigenvalue weighted by Gasteiger charge is -2.28. The monoisotopic (exact) mass is 332 g/mol. The molecule has 1 rings (SSSR count). The number of halogens is 3. The van der Waals surface area contributed by atoms with Crippen molar-refractivity contribution < 1.29 is 18.6 Å². The molecule has 0 amide bonds. The van der Waals surface area contributed by atoms with Crippen molar-refractivity contribution in [2.75, 3.05) is 13.2 Å². The van der Waals surface area contributed by atoms with Crippen LogP contribution < -0.4 is 0 Å². The number of nitrogens with zero attached hydrogens (tertiary/aromatic N) is 1. The minimum Gasteiger partial charge on any atom is -0.538 e. The van der Waals surface area contributed by atoms with Gasteiger partial charge in [-0.1, -0.05) is 40.8 Å². The summed E-state index contributed by atoms with van der Waals surface area (Å²) in [5, 5.41) is 17.6. The Labute approximate surface area is 119 Å². The first-order valence-corrected chi connectivity index (χ1v) is 7.22. The van der Waals surface area contributed by atoms with Crippen molar-refractivity contribution in [2.24, 2.45) is 0 Å². The molecule has 18 heavy (non-hydrogen) atoms. The summed E-state index contributed by atoms with van der Waals surface area (Å²) < 4.78 is 27.1. The molecular weight excluding hydrogens is 325 g/mol. The molecule has 2 N–H and O–H groups in total. The van der Waals surface area contributed by atoms with Gasteiger partial charge in [-0.05, 0) is 12.1 Å². The van der Waals surface area contributed by atoms with E-state index in [0.29, 0.717) is 0 Å². The van der Waals surface area contributed by atoms with Crippen LogP contribution in [0.1, 0.15) is 0 Å². The van der Waals surface area contributed by atoms with E-state index in [9.17, 15) is 8.42 Å². The molecule has 0 fully saturated rings. The summed E-state index contributed by atoms with van der Waals surface area (Å²) in [7, 11) is -4.12. The molecular formula is C9H9Cl3NO4S-. The van der Waals surface area contributed by atoms with Gasteiger partial charge in [0.05, 0.1) is 20.0 Å². The van der Waals surface area contributed by atoms with Gasteiger partial charge in [0.2, 0.25) is 0 Å². The summed E-state index contributed by atoms with van der Waals surface area (Å²) in [6, 6.07) is 1.11. The molecule has 0 heterocycles. The van der Waals surface area contributed by atoms with Gasteiger partial charge in [-0.2, -0.15) is 0 Å². The smallest absolute Gasteiger partial charge is 0.103 e. The standard InChI is InChI=1S/C9H9Cl3NO4S/c10-6-1-8(12)9(2-7(6)11)18(16,17)13-5(3-14)4-15/h1-2,5,14-15H,3-4H2/q-1. The zero-order chi connectivity index (χ0) is 13.9. The van der Waals surface area contributed by atoms with Crippen LogP contribution in [0.15, 0.2) is 17.0 Å². The van der Waals surface area contributed by atoms with Crippen molar-refractivity contribution >= 4 is 44.8 Å². The third-order valence-electron chi connectivity index (χ3n) is 1.96. The summed E-state index contributed by atoms with van der Waals surface area (Å²) in [4.78, 5) is -0.328. The van der Waals surface area contributed by atoms with Crippen LogP contribution in [0.4, 0.5) is 0 Å². The molecule has 0 unspecified atom stereocenters. The van der Waals surface area contributed by atoms with E-state index < -0.39 is 29.3 Å². The molecule has 0 spiro atoms. The highest BCUT2D eigenvalue weighted by molar-refractivity contribution is 7.94. The van der Waals surface area contributed by atoms with Crippen LogP contribution in [0.25, 0.3) is 4.72 Å². The van der Waals surface area contributed by atoms with Gasteiger partial charge in [0.25, 0.3) is 0 Å². The predicted octanol–water partition coefficient (Wildman–Crippen LogP) is 2.06. The van der Waals surface area contributed by atoms with Gasteiger partial charge >= 0.3 is 0 Å². The summed E-state index contributed by atoms with van der Waals surface area (Å²) >= 11 is 17.1. The van der Waals surface area contributed by atoms with E-state index in [0.717, 1.165) is 6.07 Å². The molecule has 9 heteroatoms. The predicted molar refractivity (Wildman–Crippen MR) is 70.0 cm³/mol. The third-order valence-corrected chi connectivity index (χ3v) is 4.58. The topological polar surface area (TPSA) is 88.7 Å². The van der Waals surface area contributed by atoms with E-state index in [1.54, 1.807) is 0 Å². The summed E-state index contributed by atoms with van der Waals surface area (Å²) in [6.45, 7) is -1.21. The average Bonchev–Trinajstić information content (AvgIpc) is 2.30. The Bertz CT molecular complexity index is 531. The molecule has 0 radical (unpaired) electrons. The number of hydrogen-bond donors (Lipinski definition) is 2. The molecule has 0 bridgehead atoms. The zero-order valence-electron chi connectivity index (χ0n) is 8.85. The van der Waals surface area contributed by atoms with Crippen molar-refractivity contribution in [1.29, 1.82) is 0 Å². The summed E-state index contributed by atoms with van der Waals surface area (Å²) in [5.74, 6) is 0. The maximum absolute atomic E-state index is 11.9. The molecule has 0 aliphatic rings. The van der Waals surface area contributed by atoms with Crippen molar-refractivity contribution in [3.8, 4) is 0 Å². The van der Waals surface area contributed by atoms with Gasteiger partial charge in [-0.25, -0.2) is 8.42 Å². The Morgan fingerprint density at radius 1 is 1.06 bits per heavy atom. The third kappa shape index (κ3) is 3.71. The number of aliphatic hydroxyl groups is 2. The first kappa shape index (κ1) is 16.0. The number of aliphatic hydroxyl groups excluding tert-OH is 2. The lowest BCUT2D eigenvalue weighted by molar-refractivity contribution is 0.210. The van der Waals surface area contributed by atoms with Crippen LogP contribution in [0, 0.1) is 0 Å². The number of benzene rings is 1. The first-order valence-electron chi connectivity index (χ1n) is 4.65. The van der Waals surface area contributed by atoms with Crippen LogP contribution in [0.3, 0.4) is 0 Å². The normalized spacial score (nSPS) is 12.1. The van der Waals surface area contributed by atoms with Crippen LogP contribution in [-0.2, 0) is 10.0 Å². The molecule has 0 aliphatic carbocycles. The largest absolute Gasteiger partial charge is 0.538 e. The lowest BCUT2D eigenvalue weighted by Crippen LogP contribution is -2.20. The van der Waals surface area contributed by atoms with E-state index in [-0.39, 0.29) is 20.0 Å². The maximum atomic E-state index is 11.9. The van der Waals surface area contributed by atoms with Gasteiger partial charge in [-0.15, -0.1) is 0 Å². The van der Waals surface area contributed by atoms with Crippen LogP contribution in [-0.4, -0.2) is 37.9 Å². The summed E-state index contributed by atoms with van der Waals surface area (Å²) in [6.07, 6.45) is 0. The van der Waals surface area contributed by atoms with E-state index >= 15 is 0 Å². The number of hydrogen-bond acceptors (Lipinski definition) is 4. The van der Waals surface area contributed by atoms with Crippen molar-refractivity contribution in [2.45, 2.75) is 10.9 Å². The molecule has 102 valence electrons.